The molecule has 0 unspecified atom stereocenters. The molecule has 144 valence electrons. The van der Waals surface area contributed by atoms with Crippen LogP contribution in [0.5, 0.6) is 0 Å². The molecule has 3 aromatic rings. The zero-order valence-corrected chi connectivity index (χ0v) is 16.2. The molecule has 1 saturated heterocycles. The number of imidazole rings is 1. The molecule has 1 fully saturated rings. The van der Waals surface area contributed by atoms with Crippen molar-refractivity contribution in [2.75, 3.05) is 13.1 Å². The molecule has 1 aliphatic rings. The number of nitrogens with one attached hydrogen (secondary N) is 1. The lowest BCUT2D eigenvalue weighted by Crippen LogP contribution is -2.32. The monoisotopic (exact) mass is 396 g/mol. The fourth-order valence-corrected chi connectivity index (χ4v) is 3.76. The molecule has 1 aliphatic heterocycles. The van der Waals surface area contributed by atoms with Crippen molar-refractivity contribution in [3.05, 3.63) is 64.9 Å². The molecule has 0 radical (unpaired) electrons. The van der Waals surface area contributed by atoms with E-state index < -0.39 is 0 Å². The van der Waals surface area contributed by atoms with E-state index in [2.05, 4.69) is 10.3 Å². The van der Waals surface area contributed by atoms with E-state index in [4.69, 9.17) is 11.6 Å². The summed E-state index contributed by atoms with van der Waals surface area (Å²) in [5, 5.41) is 3.27. The van der Waals surface area contributed by atoms with Gasteiger partial charge in [-0.15, -0.1) is 0 Å². The molecule has 7 heteroatoms. The number of carbonyl (C=O) groups excluding carboxylic acids is 2. The highest BCUT2D eigenvalue weighted by molar-refractivity contribution is 6.33. The lowest BCUT2D eigenvalue weighted by molar-refractivity contribution is -0.130. The predicted octanol–water partition coefficient (Wildman–Crippen LogP) is 3.24. The van der Waals surface area contributed by atoms with E-state index >= 15 is 0 Å². The first-order chi connectivity index (χ1) is 13.6. The van der Waals surface area contributed by atoms with E-state index in [1.807, 2.05) is 33.7 Å². The minimum Gasteiger partial charge on any atom is -0.345 e. The van der Waals surface area contributed by atoms with Crippen LogP contribution in [0.15, 0.2) is 48.5 Å². The zero-order valence-electron chi connectivity index (χ0n) is 15.4. The minimum absolute atomic E-state index is 0.0827. The number of fused-ring (bicyclic) bond motifs is 1. The van der Waals surface area contributed by atoms with Gasteiger partial charge in [-0.2, -0.15) is 0 Å². The Labute approximate surface area is 168 Å². The maximum atomic E-state index is 12.7. The van der Waals surface area contributed by atoms with Gasteiger partial charge in [0.1, 0.15) is 12.4 Å². The number of likely N-dealkylation sites (tertiary alicyclic amines) is 1. The van der Waals surface area contributed by atoms with Crippen LogP contribution in [0, 0.1) is 0 Å². The van der Waals surface area contributed by atoms with Crippen LogP contribution in [0.1, 0.15) is 29.0 Å². The summed E-state index contributed by atoms with van der Waals surface area (Å²) in [6.45, 7) is 2.05. The first-order valence-corrected chi connectivity index (χ1v) is 9.76. The number of carbonyl (C=O) groups is 2. The smallest absolute Gasteiger partial charge is 0.253 e. The van der Waals surface area contributed by atoms with Crippen molar-refractivity contribution >= 4 is 34.4 Å². The van der Waals surface area contributed by atoms with Gasteiger partial charge < -0.3 is 14.8 Å². The second kappa shape index (κ2) is 8.02. The molecular formula is C21H21ClN4O2. The SMILES string of the molecule is O=C(NCc1nc2ccccc2n1CC(=O)N1CCCC1)c1ccccc1Cl. The van der Waals surface area contributed by atoms with Gasteiger partial charge in [-0.05, 0) is 37.1 Å². The molecule has 2 amide bonds. The molecule has 2 aromatic carbocycles. The lowest BCUT2D eigenvalue weighted by Gasteiger charge is -2.17. The molecule has 0 saturated carbocycles. The summed E-state index contributed by atoms with van der Waals surface area (Å²) < 4.78 is 1.89. The second-order valence-electron chi connectivity index (χ2n) is 6.85. The third-order valence-corrected chi connectivity index (χ3v) is 5.34. The second-order valence-corrected chi connectivity index (χ2v) is 7.26. The molecule has 0 bridgehead atoms. The van der Waals surface area contributed by atoms with Crippen molar-refractivity contribution in [3.63, 3.8) is 0 Å². The van der Waals surface area contributed by atoms with Gasteiger partial charge in [0, 0.05) is 13.1 Å². The Balaban J connectivity index is 1.57. The van der Waals surface area contributed by atoms with Gasteiger partial charge in [-0.3, -0.25) is 9.59 Å². The van der Waals surface area contributed by atoms with Gasteiger partial charge in [0.2, 0.25) is 5.91 Å². The molecule has 1 aromatic heterocycles. The van der Waals surface area contributed by atoms with Crippen LogP contribution in [0.2, 0.25) is 5.02 Å². The molecule has 0 spiro atoms. The Kier molecular flexibility index (Phi) is 5.30. The highest BCUT2D eigenvalue weighted by Gasteiger charge is 2.21. The maximum absolute atomic E-state index is 12.7. The van der Waals surface area contributed by atoms with Crippen molar-refractivity contribution in [1.82, 2.24) is 19.8 Å². The summed E-state index contributed by atoms with van der Waals surface area (Å²) in [5.41, 5.74) is 2.11. The molecular weight excluding hydrogens is 376 g/mol. The van der Waals surface area contributed by atoms with Gasteiger partial charge in [0.15, 0.2) is 0 Å². The summed E-state index contributed by atoms with van der Waals surface area (Å²) in [5.74, 6) is 0.462. The van der Waals surface area contributed by atoms with Crippen LogP contribution in [-0.4, -0.2) is 39.4 Å². The summed E-state index contributed by atoms with van der Waals surface area (Å²) in [7, 11) is 0. The maximum Gasteiger partial charge on any atom is 0.253 e. The van der Waals surface area contributed by atoms with E-state index in [0.29, 0.717) is 16.4 Å². The van der Waals surface area contributed by atoms with Gasteiger partial charge in [-0.25, -0.2) is 4.98 Å². The van der Waals surface area contributed by atoms with Crippen LogP contribution in [-0.2, 0) is 17.9 Å². The molecule has 2 heterocycles. The standard InChI is InChI=1S/C21H21ClN4O2/c22-16-8-2-1-7-15(16)21(28)23-13-19-24-17-9-3-4-10-18(17)26(19)14-20(27)25-11-5-6-12-25/h1-4,7-10H,5-6,11-14H2,(H,23,28). The van der Waals surface area contributed by atoms with Crippen molar-refractivity contribution in [2.45, 2.75) is 25.9 Å². The predicted molar refractivity (Wildman–Crippen MR) is 108 cm³/mol. The Morgan fingerprint density at radius 3 is 2.54 bits per heavy atom. The van der Waals surface area contributed by atoms with Gasteiger partial charge >= 0.3 is 0 Å². The molecule has 6 nitrogen and oxygen atoms in total. The van der Waals surface area contributed by atoms with E-state index in [0.717, 1.165) is 37.0 Å². The van der Waals surface area contributed by atoms with E-state index in [1.165, 1.54) is 0 Å². The number of amides is 2. The van der Waals surface area contributed by atoms with Crippen molar-refractivity contribution in [3.8, 4) is 0 Å². The van der Waals surface area contributed by atoms with E-state index in [1.54, 1.807) is 24.3 Å². The highest BCUT2D eigenvalue weighted by atomic mass is 35.5. The third kappa shape index (κ3) is 3.73. The molecule has 0 aliphatic carbocycles. The molecule has 0 atom stereocenters. The van der Waals surface area contributed by atoms with Crippen LogP contribution in [0.3, 0.4) is 0 Å². The van der Waals surface area contributed by atoms with Gasteiger partial charge in [0.05, 0.1) is 28.2 Å². The summed E-state index contributed by atoms with van der Waals surface area (Å²) in [6.07, 6.45) is 2.11. The zero-order chi connectivity index (χ0) is 19.5. The average Bonchev–Trinajstić information content (AvgIpc) is 3.35. The number of rotatable bonds is 5. The van der Waals surface area contributed by atoms with Crippen LogP contribution in [0.4, 0.5) is 0 Å². The highest BCUT2D eigenvalue weighted by Crippen LogP contribution is 2.19. The summed E-state index contributed by atoms with van der Waals surface area (Å²) in [4.78, 5) is 31.7. The topological polar surface area (TPSA) is 67.2 Å². The number of hydrogen-bond acceptors (Lipinski definition) is 3. The van der Waals surface area contributed by atoms with E-state index in [9.17, 15) is 9.59 Å². The number of benzene rings is 2. The average molecular weight is 397 g/mol. The van der Waals surface area contributed by atoms with Crippen LogP contribution in [0.25, 0.3) is 11.0 Å². The van der Waals surface area contributed by atoms with Crippen LogP contribution >= 0.6 is 11.6 Å². The summed E-state index contributed by atoms with van der Waals surface area (Å²) >= 11 is 6.11. The number of para-hydroxylation sites is 2. The van der Waals surface area contributed by atoms with Crippen molar-refractivity contribution in [1.29, 1.82) is 0 Å². The van der Waals surface area contributed by atoms with Crippen molar-refractivity contribution in [2.24, 2.45) is 0 Å². The Bertz CT molecular complexity index is 1020. The summed E-state index contributed by atoms with van der Waals surface area (Å²) in [6, 6.07) is 14.6. The number of aromatic nitrogens is 2. The largest absolute Gasteiger partial charge is 0.345 e. The Hall–Kier alpha value is -2.86. The fourth-order valence-electron chi connectivity index (χ4n) is 3.54. The molecule has 4 rings (SSSR count). The Morgan fingerprint density at radius 2 is 1.75 bits per heavy atom. The van der Waals surface area contributed by atoms with Crippen LogP contribution < -0.4 is 5.32 Å². The fraction of sp³-hybridized carbons (Fsp3) is 0.286. The van der Waals surface area contributed by atoms with Gasteiger partial charge in [0.25, 0.3) is 5.91 Å². The molecule has 28 heavy (non-hydrogen) atoms. The quantitative estimate of drug-likeness (QED) is 0.719. The normalized spacial score (nSPS) is 13.8. The molecule has 1 N–H and O–H groups in total. The Morgan fingerprint density at radius 1 is 1.04 bits per heavy atom. The number of hydrogen-bond donors (Lipinski definition) is 1. The van der Waals surface area contributed by atoms with Gasteiger partial charge in [-0.1, -0.05) is 35.9 Å². The first kappa shape index (κ1) is 18.5. The number of halogens is 1. The van der Waals surface area contributed by atoms with Crippen molar-refractivity contribution < 1.29 is 9.59 Å². The first-order valence-electron chi connectivity index (χ1n) is 9.38. The van der Waals surface area contributed by atoms with E-state index in [-0.39, 0.29) is 24.9 Å². The third-order valence-electron chi connectivity index (χ3n) is 5.01. The number of nitrogens with zero attached hydrogens (tertiary/aromatic N) is 3. The minimum atomic E-state index is -0.268. The lowest BCUT2D eigenvalue weighted by atomic mass is 10.2.